The quantitative estimate of drug-likeness (QED) is 0.708. The molecular formula is C15H19NO3. The average Bonchev–Trinajstić information content (AvgIpc) is 2.41. The molecule has 0 saturated carbocycles. The van der Waals surface area contributed by atoms with Gasteiger partial charge >= 0.3 is 5.97 Å². The van der Waals surface area contributed by atoms with E-state index in [-0.39, 0.29) is 5.97 Å². The molecule has 0 radical (unpaired) electrons. The summed E-state index contributed by atoms with van der Waals surface area (Å²) in [5, 5.41) is 8.59. The monoisotopic (exact) mass is 261 g/mol. The van der Waals surface area contributed by atoms with E-state index in [0.717, 1.165) is 12.0 Å². The zero-order valence-corrected chi connectivity index (χ0v) is 11.4. The molecule has 102 valence electrons. The lowest BCUT2D eigenvalue weighted by Crippen LogP contribution is -2.29. The van der Waals surface area contributed by atoms with Gasteiger partial charge in [0.2, 0.25) is 0 Å². The Kier molecular flexibility index (Phi) is 6.45. The van der Waals surface area contributed by atoms with E-state index in [9.17, 15) is 4.79 Å². The maximum atomic E-state index is 11.7. The summed E-state index contributed by atoms with van der Waals surface area (Å²) < 4.78 is 10.6. The van der Waals surface area contributed by atoms with Crippen LogP contribution >= 0.6 is 0 Å². The largest absolute Gasteiger partial charge is 0.479 e. The molecule has 0 aliphatic rings. The molecule has 1 unspecified atom stereocenters. The predicted molar refractivity (Wildman–Crippen MR) is 71.7 cm³/mol. The Labute approximate surface area is 113 Å². The second-order valence-electron chi connectivity index (χ2n) is 4.13. The molecule has 4 nitrogen and oxygen atoms in total. The maximum absolute atomic E-state index is 11.7. The Hall–Kier alpha value is -2.02. The second-order valence-corrected chi connectivity index (χ2v) is 4.13. The number of carbonyl (C=O) groups is 1. The summed E-state index contributed by atoms with van der Waals surface area (Å²) in [6.07, 6.45) is 1.28. The minimum absolute atomic E-state index is 0.328. The maximum Gasteiger partial charge on any atom is 0.347 e. The SMILES string of the molecule is CCCC(Oc1ccc(CC#N)cc1)C(=O)OCC. The lowest BCUT2D eigenvalue weighted by Gasteiger charge is -2.17. The molecule has 0 fully saturated rings. The molecule has 0 N–H and O–H groups in total. The van der Waals surface area contributed by atoms with E-state index < -0.39 is 6.10 Å². The minimum atomic E-state index is -0.563. The molecule has 0 amide bonds. The summed E-state index contributed by atoms with van der Waals surface area (Å²) in [7, 11) is 0. The Morgan fingerprint density at radius 2 is 2.00 bits per heavy atom. The smallest absolute Gasteiger partial charge is 0.347 e. The minimum Gasteiger partial charge on any atom is -0.479 e. The van der Waals surface area contributed by atoms with E-state index in [4.69, 9.17) is 14.7 Å². The van der Waals surface area contributed by atoms with Crippen molar-refractivity contribution in [3.63, 3.8) is 0 Å². The first kappa shape index (κ1) is 15.0. The molecule has 0 spiro atoms. The Morgan fingerprint density at radius 3 is 2.53 bits per heavy atom. The summed E-state index contributed by atoms with van der Waals surface area (Å²) in [6.45, 7) is 4.12. The van der Waals surface area contributed by atoms with Crippen molar-refractivity contribution in [1.82, 2.24) is 0 Å². The van der Waals surface area contributed by atoms with Gasteiger partial charge in [0.1, 0.15) is 5.75 Å². The molecule has 1 atom stereocenters. The highest BCUT2D eigenvalue weighted by Gasteiger charge is 2.20. The third-order valence-corrected chi connectivity index (χ3v) is 2.59. The summed E-state index contributed by atoms with van der Waals surface area (Å²) in [4.78, 5) is 11.7. The van der Waals surface area contributed by atoms with Gasteiger partial charge in [-0.1, -0.05) is 25.5 Å². The van der Waals surface area contributed by atoms with Crippen LogP contribution in [0.25, 0.3) is 0 Å². The second kappa shape index (κ2) is 8.15. The van der Waals surface area contributed by atoms with Crippen LogP contribution in [0.4, 0.5) is 0 Å². The average molecular weight is 261 g/mol. The lowest BCUT2D eigenvalue weighted by atomic mass is 10.1. The van der Waals surface area contributed by atoms with Crippen LogP contribution in [0, 0.1) is 11.3 Å². The number of ether oxygens (including phenoxy) is 2. The van der Waals surface area contributed by atoms with Crippen LogP contribution < -0.4 is 4.74 Å². The molecule has 0 bridgehead atoms. The molecule has 0 aliphatic heterocycles. The number of esters is 1. The summed E-state index contributed by atoms with van der Waals surface area (Å²) in [5.74, 6) is 0.290. The van der Waals surface area contributed by atoms with E-state index in [1.807, 2.05) is 19.1 Å². The van der Waals surface area contributed by atoms with E-state index in [1.165, 1.54) is 0 Å². The van der Waals surface area contributed by atoms with E-state index in [0.29, 0.717) is 25.2 Å². The Bertz CT molecular complexity index is 434. The van der Waals surface area contributed by atoms with E-state index in [2.05, 4.69) is 6.07 Å². The highest BCUT2D eigenvalue weighted by molar-refractivity contribution is 5.75. The molecule has 1 aromatic rings. The molecule has 0 aromatic heterocycles. The van der Waals surface area contributed by atoms with Crippen molar-refractivity contribution >= 4 is 5.97 Å². The highest BCUT2D eigenvalue weighted by atomic mass is 16.6. The molecule has 0 heterocycles. The van der Waals surface area contributed by atoms with Crippen LogP contribution in [0.5, 0.6) is 5.75 Å². The summed E-state index contributed by atoms with van der Waals surface area (Å²) in [5.41, 5.74) is 0.929. The van der Waals surface area contributed by atoms with Gasteiger partial charge in [-0.2, -0.15) is 5.26 Å². The first-order valence-electron chi connectivity index (χ1n) is 6.50. The first-order valence-corrected chi connectivity index (χ1v) is 6.50. The van der Waals surface area contributed by atoms with Gasteiger partial charge in [0.15, 0.2) is 6.10 Å². The van der Waals surface area contributed by atoms with Crippen molar-refractivity contribution in [3.8, 4) is 11.8 Å². The van der Waals surface area contributed by atoms with Gasteiger partial charge < -0.3 is 9.47 Å². The number of rotatable bonds is 7. The third kappa shape index (κ3) is 5.01. The van der Waals surface area contributed by atoms with Crippen molar-refractivity contribution in [3.05, 3.63) is 29.8 Å². The van der Waals surface area contributed by atoms with Gasteiger partial charge in [-0.3, -0.25) is 0 Å². The zero-order valence-electron chi connectivity index (χ0n) is 11.4. The molecule has 1 rings (SSSR count). The number of carbonyl (C=O) groups excluding carboxylic acids is 1. The van der Waals surface area contributed by atoms with E-state index >= 15 is 0 Å². The Balaban J connectivity index is 2.68. The standard InChI is InChI=1S/C15H19NO3/c1-3-5-14(15(17)18-4-2)19-13-8-6-12(7-9-13)10-11-16/h6-9,14H,3-5,10H2,1-2H3. The lowest BCUT2D eigenvalue weighted by molar-refractivity contribution is -0.151. The van der Waals surface area contributed by atoms with Crippen LogP contribution in [-0.2, 0) is 16.0 Å². The van der Waals surface area contributed by atoms with Gasteiger partial charge in [-0.05, 0) is 31.0 Å². The van der Waals surface area contributed by atoms with Gasteiger partial charge in [0.05, 0.1) is 19.1 Å². The summed E-state index contributed by atoms with van der Waals surface area (Å²) >= 11 is 0. The molecular weight excluding hydrogens is 242 g/mol. The van der Waals surface area contributed by atoms with Crippen LogP contribution in [-0.4, -0.2) is 18.7 Å². The van der Waals surface area contributed by atoms with Crippen molar-refractivity contribution in [2.24, 2.45) is 0 Å². The van der Waals surface area contributed by atoms with Crippen molar-refractivity contribution in [2.75, 3.05) is 6.61 Å². The summed E-state index contributed by atoms with van der Waals surface area (Å²) in [6, 6.07) is 9.28. The number of nitrogens with zero attached hydrogens (tertiary/aromatic N) is 1. The van der Waals surface area contributed by atoms with Gasteiger partial charge in [0.25, 0.3) is 0 Å². The van der Waals surface area contributed by atoms with Gasteiger partial charge in [-0.15, -0.1) is 0 Å². The van der Waals surface area contributed by atoms with Crippen molar-refractivity contribution in [1.29, 1.82) is 5.26 Å². The number of benzene rings is 1. The highest BCUT2D eigenvalue weighted by Crippen LogP contribution is 2.16. The molecule has 0 aliphatic carbocycles. The fourth-order valence-corrected chi connectivity index (χ4v) is 1.66. The van der Waals surface area contributed by atoms with Crippen LogP contribution in [0.3, 0.4) is 0 Å². The molecule has 0 saturated heterocycles. The van der Waals surface area contributed by atoms with Crippen LogP contribution in [0.15, 0.2) is 24.3 Å². The van der Waals surface area contributed by atoms with Gasteiger partial charge in [-0.25, -0.2) is 4.79 Å². The fraction of sp³-hybridized carbons (Fsp3) is 0.467. The van der Waals surface area contributed by atoms with Crippen molar-refractivity contribution in [2.45, 2.75) is 39.2 Å². The normalized spacial score (nSPS) is 11.4. The zero-order chi connectivity index (χ0) is 14.1. The molecule has 4 heteroatoms. The molecule has 19 heavy (non-hydrogen) atoms. The Morgan fingerprint density at radius 1 is 1.32 bits per heavy atom. The van der Waals surface area contributed by atoms with Gasteiger partial charge in [0, 0.05) is 0 Å². The van der Waals surface area contributed by atoms with Crippen LogP contribution in [0.1, 0.15) is 32.3 Å². The predicted octanol–water partition coefficient (Wildman–Crippen LogP) is 2.86. The number of nitriles is 1. The first-order chi connectivity index (χ1) is 9.21. The van der Waals surface area contributed by atoms with Crippen molar-refractivity contribution < 1.29 is 14.3 Å². The van der Waals surface area contributed by atoms with Crippen LogP contribution in [0.2, 0.25) is 0 Å². The number of hydrogen-bond acceptors (Lipinski definition) is 4. The fourth-order valence-electron chi connectivity index (χ4n) is 1.66. The van der Waals surface area contributed by atoms with E-state index in [1.54, 1.807) is 19.1 Å². The number of hydrogen-bond donors (Lipinski definition) is 0. The third-order valence-electron chi connectivity index (χ3n) is 2.59. The topological polar surface area (TPSA) is 59.3 Å². The molecule has 1 aromatic carbocycles.